The fourth-order valence-electron chi connectivity index (χ4n) is 4.85. The molecule has 0 atom stereocenters. The van der Waals surface area contributed by atoms with E-state index in [1.807, 2.05) is 18.2 Å². The smallest absolute Gasteiger partial charge is 0.272 e. The van der Waals surface area contributed by atoms with Gasteiger partial charge in [0.25, 0.3) is 5.56 Å². The van der Waals surface area contributed by atoms with Gasteiger partial charge >= 0.3 is 0 Å². The number of rotatable bonds is 2. The Labute approximate surface area is 180 Å². The quantitative estimate of drug-likeness (QED) is 0.363. The van der Waals surface area contributed by atoms with Crippen LogP contribution in [0.25, 0.3) is 43.8 Å². The molecule has 0 spiro atoms. The van der Waals surface area contributed by atoms with Gasteiger partial charge in [-0.3, -0.25) is 14.9 Å². The molecule has 4 N–H and O–H groups in total. The predicted molar refractivity (Wildman–Crippen MR) is 120 cm³/mol. The van der Waals surface area contributed by atoms with Crippen molar-refractivity contribution in [2.45, 2.75) is 18.8 Å². The molecule has 0 aliphatic heterocycles. The standard InChI is InChI=1S/C24H17FN6O/c25-18-4-3-13(17-10-29-31-23(17)18)19-16-8-15(12-6-11(7-12)9-26)21-14(2-1-5-28-21)22(16)30-24(32)20(19)27/h1-5,8,10-12H,6-7,27H2,(H,29,31)(H,30,32). The zero-order valence-electron chi connectivity index (χ0n) is 16.8. The maximum absolute atomic E-state index is 14.3. The lowest BCUT2D eigenvalue weighted by molar-refractivity contribution is 0.333. The maximum atomic E-state index is 14.3. The van der Waals surface area contributed by atoms with Crippen LogP contribution in [0.1, 0.15) is 24.3 Å². The predicted octanol–water partition coefficient (Wildman–Crippen LogP) is 4.36. The number of hydrogen-bond acceptors (Lipinski definition) is 5. The maximum Gasteiger partial charge on any atom is 0.272 e. The van der Waals surface area contributed by atoms with Gasteiger partial charge in [-0.05, 0) is 54.2 Å². The lowest BCUT2D eigenvalue weighted by atomic mass is 9.71. The Balaban J connectivity index is 1.74. The van der Waals surface area contributed by atoms with Crippen LogP contribution in [0, 0.1) is 23.1 Å². The number of nitrogens with one attached hydrogen (secondary N) is 2. The molecule has 1 fully saturated rings. The van der Waals surface area contributed by atoms with Gasteiger partial charge in [-0.2, -0.15) is 10.4 Å². The SMILES string of the molecule is N#CC1CC(c2cc3c(-c4ccc(F)c5[nH]ncc45)c(N)c(=O)[nH]c3c3cccnc23)C1. The van der Waals surface area contributed by atoms with E-state index in [2.05, 4.69) is 26.2 Å². The van der Waals surface area contributed by atoms with E-state index < -0.39 is 11.4 Å². The van der Waals surface area contributed by atoms with Crippen LogP contribution < -0.4 is 11.3 Å². The number of benzene rings is 2. The van der Waals surface area contributed by atoms with Gasteiger partial charge in [-0.1, -0.05) is 6.07 Å². The topological polar surface area (TPSA) is 124 Å². The summed E-state index contributed by atoms with van der Waals surface area (Å²) in [6.07, 6.45) is 4.80. The molecule has 3 heterocycles. The Bertz CT molecular complexity index is 1660. The molecule has 0 saturated heterocycles. The monoisotopic (exact) mass is 424 g/mol. The van der Waals surface area contributed by atoms with Gasteiger partial charge in [0.15, 0.2) is 0 Å². The number of H-pyrrole nitrogens is 2. The van der Waals surface area contributed by atoms with E-state index in [-0.39, 0.29) is 23.0 Å². The Kier molecular flexibility index (Phi) is 3.83. The van der Waals surface area contributed by atoms with Gasteiger partial charge in [0.1, 0.15) is 17.0 Å². The summed E-state index contributed by atoms with van der Waals surface area (Å²) in [5.41, 5.74) is 9.84. The molecule has 3 aromatic heterocycles. The van der Waals surface area contributed by atoms with E-state index in [9.17, 15) is 14.4 Å². The minimum atomic E-state index is -0.429. The van der Waals surface area contributed by atoms with Crippen LogP contribution in [-0.4, -0.2) is 20.2 Å². The molecule has 32 heavy (non-hydrogen) atoms. The number of aromatic amines is 2. The first-order valence-corrected chi connectivity index (χ1v) is 10.3. The molecule has 6 rings (SSSR count). The minimum absolute atomic E-state index is 0.0391. The number of hydrogen-bond donors (Lipinski definition) is 3. The average molecular weight is 424 g/mol. The Morgan fingerprint density at radius 1 is 1.16 bits per heavy atom. The number of aromatic nitrogens is 4. The fourth-order valence-corrected chi connectivity index (χ4v) is 4.85. The first kappa shape index (κ1) is 18.5. The zero-order chi connectivity index (χ0) is 22.0. The molecule has 0 radical (unpaired) electrons. The number of anilines is 1. The summed E-state index contributed by atoms with van der Waals surface area (Å²) in [6.45, 7) is 0. The summed E-state index contributed by atoms with van der Waals surface area (Å²) in [5, 5.41) is 18.0. The molecule has 0 amide bonds. The Morgan fingerprint density at radius 3 is 2.81 bits per heavy atom. The van der Waals surface area contributed by atoms with Crippen molar-refractivity contribution in [3.63, 3.8) is 0 Å². The third-order valence-electron chi connectivity index (χ3n) is 6.54. The van der Waals surface area contributed by atoms with Crippen LogP contribution in [0.4, 0.5) is 10.1 Å². The molecule has 0 unspecified atom stereocenters. The lowest BCUT2D eigenvalue weighted by Gasteiger charge is -2.32. The van der Waals surface area contributed by atoms with Crippen molar-refractivity contribution in [3.05, 3.63) is 64.5 Å². The number of halogens is 1. The number of nitrogens with zero attached hydrogens (tertiary/aromatic N) is 3. The van der Waals surface area contributed by atoms with Gasteiger partial charge in [0, 0.05) is 33.8 Å². The second-order valence-corrected chi connectivity index (χ2v) is 8.28. The van der Waals surface area contributed by atoms with Crippen molar-refractivity contribution in [2.75, 3.05) is 5.73 Å². The van der Waals surface area contributed by atoms with E-state index in [1.54, 1.807) is 12.3 Å². The Morgan fingerprint density at radius 2 is 2.00 bits per heavy atom. The van der Waals surface area contributed by atoms with E-state index in [0.717, 1.165) is 34.7 Å². The molecule has 5 aromatic rings. The van der Waals surface area contributed by atoms with Crippen LogP contribution in [0.2, 0.25) is 0 Å². The van der Waals surface area contributed by atoms with E-state index in [1.165, 1.54) is 12.3 Å². The van der Waals surface area contributed by atoms with Crippen LogP contribution >= 0.6 is 0 Å². The zero-order valence-corrected chi connectivity index (χ0v) is 16.8. The average Bonchev–Trinajstić information content (AvgIpc) is 3.27. The molecular formula is C24H17FN6O. The van der Waals surface area contributed by atoms with Crippen molar-refractivity contribution in [3.8, 4) is 17.2 Å². The van der Waals surface area contributed by atoms with Crippen LogP contribution in [0.3, 0.4) is 0 Å². The van der Waals surface area contributed by atoms with Crippen molar-refractivity contribution in [1.29, 1.82) is 5.26 Å². The van der Waals surface area contributed by atoms with Gasteiger partial charge in [0.05, 0.1) is 23.3 Å². The largest absolute Gasteiger partial charge is 0.394 e. The first-order chi connectivity index (χ1) is 15.6. The minimum Gasteiger partial charge on any atom is -0.394 e. The lowest BCUT2D eigenvalue weighted by Crippen LogP contribution is -2.21. The first-order valence-electron chi connectivity index (χ1n) is 10.3. The Hall–Kier alpha value is -4.25. The summed E-state index contributed by atoms with van der Waals surface area (Å²) < 4.78 is 14.3. The van der Waals surface area contributed by atoms with E-state index >= 15 is 0 Å². The fraction of sp³-hybridized carbons (Fsp3) is 0.167. The van der Waals surface area contributed by atoms with Crippen molar-refractivity contribution < 1.29 is 4.39 Å². The number of fused-ring (bicyclic) bond motifs is 4. The van der Waals surface area contributed by atoms with Crippen LogP contribution in [-0.2, 0) is 0 Å². The summed E-state index contributed by atoms with van der Waals surface area (Å²) >= 11 is 0. The van der Waals surface area contributed by atoms with Crippen molar-refractivity contribution in [1.82, 2.24) is 20.2 Å². The highest BCUT2D eigenvalue weighted by atomic mass is 19.1. The molecular weight excluding hydrogens is 407 g/mol. The van der Waals surface area contributed by atoms with Gasteiger partial charge in [-0.25, -0.2) is 4.39 Å². The molecule has 156 valence electrons. The number of nitriles is 1. The highest BCUT2D eigenvalue weighted by Gasteiger charge is 2.32. The van der Waals surface area contributed by atoms with Crippen LogP contribution in [0.5, 0.6) is 0 Å². The van der Waals surface area contributed by atoms with E-state index in [0.29, 0.717) is 22.0 Å². The molecule has 7 nitrogen and oxygen atoms in total. The molecule has 0 bridgehead atoms. The third-order valence-corrected chi connectivity index (χ3v) is 6.54. The third kappa shape index (κ3) is 2.48. The molecule has 1 aliphatic carbocycles. The van der Waals surface area contributed by atoms with E-state index in [4.69, 9.17) is 5.73 Å². The molecule has 1 saturated carbocycles. The van der Waals surface area contributed by atoms with Gasteiger partial charge < -0.3 is 10.7 Å². The molecule has 2 aromatic carbocycles. The van der Waals surface area contributed by atoms with Crippen molar-refractivity contribution >= 4 is 38.4 Å². The second kappa shape index (κ2) is 6.62. The number of pyridine rings is 2. The number of nitrogens with two attached hydrogens (primary N) is 1. The highest BCUT2D eigenvalue weighted by Crippen LogP contribution is 2.46. The summed E-state index contributed by atoms with van der Waals surface area (Å²) in [6, 6.07) is 11.1. The van der Waals surface area contributed by atoms with Crippen LogP contribution in [0.15, 0.2) is 47.5 Å². The summed E-state index contributed by atoms with van der Waals surface area (Å²) in [7, 11) is 0. The summed E-state index contributed by atoms with van der Waals surface area (Å²) in [4.78, 5) is 20.4. The summed E-state index contributed by atoms with van der Waals surface area (Å²) in [5.74, 6) is -0.192. The van der Waals surface area contributed by atoms with Gasteiger partial charge in [0.2, 0.25) is 0 Å². The normalized spacial score (nSPS) is 18.1. The van der Waals surface area contributed by atoms with Crippen molar-refractivity contribution in [2.24, 2.45) is 5.92 Å². The molecule has 1 aliphatic rings. The van der Waals surface area contributed by atoms with Gasteiger partial charge in [-0.15, -0.1) is 0 Å². The number of nitrogen functional groups attached to an aromatic ring is 1. The molecule has 8 heteroatoms. The highest BCUT2D eigenvalue weighted by molar-refractivity contribution is 6.15. The second-order valence-electron chi connectivity index (χ2n) is 8.28.